The van der Waals surface area contributed by atoms with Crippen molar-refractivity contribution in [2.24, 2.45) is 0 Å². The first kappa shape index (κ1) is 24.8. The Morgan fingerprint density at radius 2 is 2.09 bits per heavy atom. The molecule has 1 N–H and O–H groups in total. The van der Waals surface area contributed by atoms with Gasteiger partial charge in [-0.05, 0) is 84.8 Å². The maximum absolute atomic E-state index is 13.0. The van der Waals surface area contributed by atoms with E-state index in [0.29, 0.717) is 21.3 Å². The van der Waals surface area contributed by atoms with Crippen molar-refractivity contribution in [1.82, 2.24) is 9.78 Å². The molecule has 1 aromatic carbocycles. The molecule has 34 heavy (non-hydrogen) atoms. The zero-order chi connectivity index (χ0) is 24.2. The molecule has 1 atom stereocenters. The zero-order valence-electron chi connectivity index (χ0n) is 18.9. The number of hydrogen-bond donors (Lipinski definition) is 1. The van der Waals surface area contributed by atoms with Crippen LogP contribution in [-0.4, -0.2) is 27.8 Å². The second-order valence-corrected chi connectivity index (χ2v) is 10.5. The molecule has 1 aliphatic rings. The molecule has 0 aliphatic heterocycles. The first-order chi connectivity index (χ1) is 16.4. The molecule has 7 nitrogen and oxygen atoms in total. The van der Waals surface area contributed by atoms with Crippen molar-refractivity contribution >= 4 is 55.7 Å². The number of nitrogens with one attached hydrogen (secondary N) is 1. The number of aryl methyl sites for hydroxylation is 1. The van der Waals surface area contributed by atoms with E-state index in [1.165, 1.54) is 16.0 Å². The lowest BCUT2D eigenvalue weighted by molar-refractivity contribution is 0.0335. The summed E-state index contributed by atoms with van der Waals surface area (Å²) in [6, 6.07) is 6.83. The van der Waals surface area contributed by atoms with E-state index in [1.54, 1.807) is 30.5 Å². The number of halogens is 2. The number of aromatic nitrogens is 2. The summed E-state index contributed by atoms with van der Waals surface area (Å²) in [4.78, 5) is 27.1. The molecular formula is C24H25BrClN3O4S. The molecular weight excluding hydrogens is 542 g/mol. The third-order valence-electron chi connectivity index (χ3n) is 5.61. The van der Waals surface area contributed by atoms with Gasteiger partial charge in [0.2, 0.25) is 0 Å². The molecule has 3 aromatic rings. The molecule has 2 aromatic heterocycles. The Morgan fingerprint density at radius 1 is 1.29 bits per heavy atom. The van der Waals surface area contributed by atoms with Crippen LogP contribution in [0.25, 0.3) is 0 Å². The largest absolute Gasteiger partial charge is 0.470 e. The number of carbonyl (C=O) groups excluding carboxylic acids is 2. The lowest BCUT2D eigenvalue weighted by atomic mass is 9.95. The van der Waals surface area contributed by atoms with Gasteiger partial charge in [-0.3, -0.25) is 4.79 Å². The van der Waals surface area contributed by atoms with Crippen molar-refractivity contribution in [3.63, 3.8) is 0 Å². The Kier molecular flexibility index (Phi) is 7.95. The minimum Gasteiger partial charge on any atom is -0.470 e. The highest BCUT2D eigenvalue weighted by Gasteiger charge is 2.28. The smallest absolute Gasteiger partial charge is 0.341 e. The summed E-state index contributed by atoms with van der Waals surface area (Å²) in [5, 5.41) is 8.34. The number of esters is 1. The molecule has 2 heterocycles. The van der Waals surface area contributed by atoms with E-state index in [2.05, 4.69) is 26.3 Å². The highest BCUT2D eigenvalue weighted by atomic mass is 79.9. The van der Waals surface area contributed by atoms with Crippen LogP contribution in [0.4, 0.5) is 5.00 Å². The zero-order valence-corrected chi connectivity index (χ0v) is 22.1. The van der Waals surface area contributed by atoms with Gasteiger partial charge in [0.1, 0.15) is 10.8 Å². The molecule has 1 aliphatic carbocycles. The maximum atomic E-state index is 13.0. The van der Waals surface area contributed by atoms with E-state index >= 15 is 0 Å². The maximum Gasteiger partial charge on any atom is 0.341 e. The van der Waals surface area contributed by atoms with Crippen LogP contribution in [0, 0.1) is 0 Å². The first-order valence-corrected chi connectivity index (χ1v) is 13.1. The van der Waals surface area contributed by atoms with Gasteiger partial charge in [0, 0.05) is 16.1 Å². The second-order valence-electron chi connectivity index (χ2n) is 8.08. The summed E-state index contributed by atoms with van der Waals surface area (Å²) in [5.41, 5.74) is 1.72. The van der Waals surface area contributed by atoms with Crippen molar-refractivity contribution in [3.05, 3.63) is 61.7 Å². The Bertz CT molecular complexity index is 1210. The summed E-state index contributed by atoms with van der Waals surface area (Å²) >= 11 is 10.8. The van der Waals surface area contributed by atoms with Gasteiger partial charge in [0.25, 0.3) is 5.91 Å². The van der Waals surface area contributed by atoms with E-state index in [4.69, 9.17) is 21.1 Å². The van der Waals surface area contributed by atoms with Gasteiger partial charge in [-0.15, -0.1) is 11.3 Å². The summed E-state index contributed by atoms with van der Waals surface area (Å²) in [6.07, 6.45) is 6.03. The standard InChI is InChI=1S/C24H25BrClN3O4S/c1-3-14(2)33-24(31)21-16-6-4-5-7-20(16)34-23(21)27-22(30)18-10-11-29(28-18)13-32-19-9-8-15(26)12-17(19)25/h8-12,14H,3-7,13H2,1-2H3,(H,27,30). The van der Waals surface area contributed by atoms with E-state index in [1.807, 2.05) is 13.8 Å². The van der Waals surface area contributed by atoms with Gasteiger partial charge in [-0.25, -0.2) is 9.48 Å². The molecule has 0 bridgehead atoms. The third-order valence-corrected chi connectivity index (χ3v) is 7.67. The van der Waals surface area contributed by atoms with E-state index in [9.17, 15) is 9.59 Å². The average Bonchev–Trinajstić information content (AvgIpc) is 3.42. The molecule has 1 unspecified atom stereocenters. The van der Waals surface area contributed by atoms with Crippen molar-refractivity contribution in [2.75, 3.05) is 5.32 Å². The summed E-state index contributed by atoms with van der Waals surface area (Å²) in [5.74, 6) is -0.154. The highest BCUT2D eigenvalue weighted by molar-refractivity contribution is 9.10. The Morgan fingerprint density at radius 3 is 2.85 bits per heavy atom. The number of amides is 1. The number of ether oxygens (including phenoxy) is 2. The monoisotopic (exact) mass is 565 g/mol. The molecule has 0 saturated heterocycles. The number of nitrogens with zero attached hydrogens (tertiary/aromatic N) is 2. The quantitative estimate of drug-likeness (QED) is 0.316. The summed E-state index contributed by atoms with van der Waals surface area (Å²) in [6.45, 7) is 3.95. The fraction of sp³-hybridized carbons (Fsp3) is 0.375. The SMILES string of the molecule is CCC(C)OC(=O)c1c(NC(=O)c2ccn(COc3ccc(Cl)cc3Br)n2)sc2c1CCCC2. The van der Waals surface area contributed by atoms with Crippen LogP contribution in [-0.2, 0) is 24.3 Å². The molecule has 0 radical (unpaired) electrons. The lowest BCUT2D eigenvalue weighted by Crippen LogP contribution is -2.19. The molecule has 180 valence electrons. The second kappa shape index (κ2) is 10.9. The van der Waals surface area contributed by atoms with E-state index < -0.39 is 0 Å². The van der Waals surface area contributed by atoms with Crippen molar-refractivity contribution in [2.45, 2.75) is 58.8 Å². The average molecular weight is 567 g/mol. The fourth-order valence-corrected chi connectivity index (χ4v) is 5.71. The summed E-state index contributed by atoms with van der Waals surface area (Å²) < 4.78 is 13.6. The summed E-state index contributed by atoms with van der Waals surface area (Å²) in [7, 11) is 0. The van der Waals surface area contributed by atoms with Crippen LogP contribution < -0.4 is 10.1 Å². The Balaban J connectivity index is 1.48. The normalized spacial score (nSPS) is 13.8. The van der Waals surface area contributed by atoms with Crippen LogP contribution in [0.5, 0.6) is 5.75 Å². The first-order valence-electron chi connectivity index (χ1n) is 11.1. The topological polar surface area (TPSA) is 82.5 Å². The number of carbonyl (C=O) groups is 2. The Labute approximate surface area is 215 Å². The molecule has 4 rings (SSSR count). The van der Waals surface area contributed by atoms with E-state index in [0.717, 1.165) is 47.0 Å². The Hall–Kier alpha value is -2.36. The number of benzene rings is 1. The van der Waals surface area contributed by atoms with Gasteiger partial charge in [-0.2, -0.15) is 5.10 Å². The molecule has 0 saturated carbocycles. The van der Waals surface area contributed by atoms with Crippen LogP contribution in [0.2, 0.25) is 5.02 Å². The fourth-order valence-electron chi connectivity index (χ4n) is 3.64. The van der Waals surface area contributed by atoms with Gasteiger partial charge in [-0.1, -0.05) is 18.5 Å². The molecule has 1 amide bonds. The van der Waals surface area contributed by atoms with Crippen LogP contribution in [0.1, 0.15) is 64.4 Å². The van der Waals surface area contributed by atoms with Gasteiger partial charge >= 0.3 is 5.97 Å². The molecule has 10 heteroatoms. The third kappa shape index (κ3) is 5.64. The number of thiophene rings is 1. The van der Waals surface area contributed by atoms with Gasteiger partial charge < -0.3 is 14.8 Å². The highest BCUT2D eigenvalue weighted by Crippen LogP contribution is 2.39. The number of fused-ring (bicyclic) bond motifs is 1. The van der Waals surface area contributed by atoms with E-state index in [-0.39, 0.29) is 30.4 Å². The number of anilines is 1. The molecule has 0 spiro atoms. The predicted octanol–water partition coefficient (Wildman–Crippen LogP) is 6.48. The van der Waals surface area contributed by atoms with Crippen LogP contribution in [0.15, 0.2) is 34.9 Å². The van der Waals surface area contributed by atoms with Crippen molar-refractivity contribution in [1.29, 1.82) is 0 Å². The molecule has 0 fully saturated rings. The van der Waals surface area contributed by atoms with Crippen LogP contribution in [0.3, 0.4) is 0 Å². The van der Waals surface area contributed by atoms with Crippen molar-refractivity contribution < 1.29 is 19.1 Å². The minimum atomic E-state index is -0.386. The minimum absolute atomic E-state index is 0.118. The van der Waals surface area contributed by atoms with Crippen molar-refractivity contribution in [3.8, 4) is 5.75 Å². The van der Waals surface area contributed by atoms with Crippen LogP contribution >= 0.6 is 38.9 Å². The van der Waals surface area contributed by atoms with Gasteiger partial charge in [0.15, 0.2) is 12.4 Å². The predicted molar refractivity (Wildman–Crippen MR) is 136 cm³/mol. The lowest BCUT2D eigenvalue weighted by Gasteiger charge is -2.15. The van der Waals surface area contributed by atoms with Gasteiger partial charge in [0.05, 0.1) is 16.1 Å². The number of hydrogen-bond acceptors (Lipinski definition) is 6. The number of rotatable bonds is 8.